The van der Waals surface area contributed by atoms with Crippen LogP contribution in [0.25, 0.3) is 11.5 Å². The Bertz CT molecular complexity index is 1480. The lowest BCUT2D eigenvalue weighted by Gasteiger charge is -2.27. The molecule has 5 rings (SSSR count). The molecule has 0 aliphatic carbocycles. The van der Waals surface area contributed by atoms with Gasteiger partial charge in [0.15, 0.2) is 9.84 Å². The second-order valence-corrected chi connectivity index (χ2v) is 13.0. The van der Waals surface area contributed by atoms with Crippen molar-refractivity contribution in [2.45, 2.75) is 49.6 Å². The molecule has 0 unspecified atom stereocenters. The summed E-state index contributed by atoms with van der Waals surface area (Å²) in [6.45, 7) is 5.40. The Balaban J connectivity index is 1.52. The molecule has 2 N–H and O–H groups in total. The lowest BCUT2D eigenvalue weighted by molar-refractivity contribution is -0.128. The molecule has 0 bridgehead atoms. The number of halogens is 2. The van der Waals surface area contributed by atoms with Crippen LogP contribution in [0.15, 0.2) is 45.7 Å². The molecule has 1 aromatic heterocycles. The van der Waals surface area contributed by atoms with Crippen LogP contribution < -0.4 is 10.6 Å². The van der Waals surface area contributed by atoms with E-state index in [1.54, 1.807) is 17.0 Å². The highest BCUT2D eigenvalue weighted by atomic mass is 35.5. The molecular formula is C26H29ClFN5O4S. The lowest BCUT2D eigenvalue weighted by atomic mass is 9.93. The minimum Gasteiger partial charge on any atom is -0.420 e. The van der Waals surface area contributed by atoms with Crippen molar-refractivity contribution in [1.82, 2.24) is 15.1 Å². The monoisotopic (exact) mass is 561 g/mol. The molecule has 0 radical (unpaired) electrons. The summed E-state index contributed by atoms with van der Waals surface area (Å²) < 4.78 is 47.5. The number of rotatable bonds is 6. The van der Waals surface area contributed by atoms with E-state index in [9.17, 15) is 13.2 Å². The van der Waals surface area contributed by atoms with Crippen LogP contribution in [-0.2, 0) is 26.6 Å². The van der Waals surface area contributed by atoms with Crippen molar-refractivity contribution >= 4 is 33.0 Å². The molecular weight excluding hydrogens is 533 g/mol. The smallest absolute Gasteiger partial charge is 0.250 e. The summed E-state index contributed by atoms with van der Waals surface area (Å²) >= 11 is 6.02. The maximum absolute atomic E-state index is 15.4. The minimum atomic E-state index is -3.85. The number of nitrogens with two attached hydrogens (primary N) is 1. The standard InChI is InChI=1S/C26H29ClFN5O4S/c1-26(2,15-32-9-3-4-23(32)34)25-31-30-24(37-25)19-10-21-22(11-20(19)28)38(35,36)14-18(29)13-33(21)12-16-5-7-17(27)8-6-16/h5-8,10-11,18H,3-4,9,12-15,29H2,1-2H3/t18-/m1/s1. The third-order valence-corrected chi connectivity index (χ3v) is 9.01. The summed E-state index contributed by atoms with van der Waals surface area (Å²) in [6, 6.07) is 8.95. The molecule has 1 amide bonds. The number of aromatic nitrogens is 2. The highest BCUT2D eigenvalue weighted by molar-refractivity contribution is 7.91. The fourth-order valence-electron chi connectivity index (χ4n) is 4.99. The van der Waals surface area contributed by atoms with Gasteiger partial charge in [-0.1, -0.05) is 23.7 Å². The van der Waals surface area contributed by atoms with Gasteiger partial charge in [0.05, 0.1) is 27.3 Å². The number of amides is 1. The van der Waals surface area contributed by atoms with Gasteiger partial charge in [-0.05, 0) is 50.1 Å². The van der Waals surface area contributed by atoms with Crippen LogP contribution in [0, 0.1) is 5.82 Å². The van der Waals surface area contributed by atoms with Crippen LogP contribution in [0.2, 0.25) is 5.02 Å². The Morgan fingerprint density at radius 3 is 2.61 bits per heavy atom. The number of sulfone groups is 1. The lowest BCUT2D eigenvalue weighted by Crippen LogP contribution is -2.39. The van der Waals surface area contributed by atoms with Gasteiger partial charge in [0.25, 0.3) is 5.89 Å². The zero-order valence-electron chi connectivity index (χ0n) is 21.2. The van der Waals surface area contributed by atoms with Gasteiger partial charge in [0.2, 0.25) is 11.8 Å². The van der Waals surface area contributed by atoms with E-state index in [1.807, 2.05) is 30.9 Å². The Kier molecular flexibility index (Phi) is 6.95. The maximum atomic E-state index is 15.4. The third-order valence-electron chi connectivity index (χ3n) is 6.89. The molecule has 2 aliphatic rings. The molecule has 12 heteroatoms. The van der Waals surface area contributed by atoms with Crippen molar-refractivity contribution in [1.29, 1.82) is 0 Å². The summed E-state index contributed by atoms with van der Waals surface area (Å²) in [7, 11) is -3.85. The molecule has 38 heavy (non-hydrogen) atoms. The van der Waals surface area contributed by atoms with Crippen LogP contribution in [0.5, 0.6) is 0 Å². The van der Waals surface area contributed by atoms with Crippen LogP contribution >= 0.6 is 11.6 Å². The van der Waals surface area contributed by atoms with Crippen LogP contribution in [-0.4, -0.2) is 60.9 Å². The van der Waals surface area contributed by atoms with Crippen LogP contribution in [0.4, 0.5) is 10.1 Å². The van der Waals surface area contributed by atoms with E-state index in [4.69, 9.17) is 21.8 Å². The molecule has 0 spiro atoms. The number of nitrogens with zero attached hydrogens (tertiary/aromatic N) is 4. The van der Waals surface area contributed by atoms with E-state index in [1.165, 1.54) is 6.07 Å². The summed E-state index contributed by atoms with van der Waals surface area (Å²) in [5.41, 5.74) is 6.69. The largest absolute Gasteiger partial charge is 0.420 e. The van der Waals surface area contributed by atoms with Crippen molar-refractivity contribution in [3.8, 4) is 11.5 Å². The Labute approximate surface area is 225 Å². The molecule has 3 aromatic rings. The zero-order valence-corrected chi connectivity index (χ0v) is 22.7. The number of benzene rings is 2. The molecule has 3 heterocycles. The second-order valence-electron chi connectivity index (χ2n) is 10.6. The number of carbonyl (C=O) groups is 1. The summed E-state index contributed by atoms with van der Waals surface area (Å²) in [5, 5.41) is 8.82. The van der Waals surface area contributed by atoms with Crippen molar-refractivity contribution in [3.05, 3.63) is 58.7 Å². The van der Waals surface area contributed by atoms with Gasteiger partial charge in [-0.2, -0.15) is 0 Å². The number of carbonyl (C=O) groups excluding carboxylic acids is 1. The first kappa shape index (κ1) is 26.6. The van der Waals surface area contributed by atoms with Crippen LogP contribution in [0.3, 0.4) is 0 Å². The number of likely N-dealkylation sites (tertiary alicyclic amines) is 1. The molecule has 2 aliphatic heterocycles. The Morgan fingerprint density at radius 2 is 1.92 bits per heavy atom. The average Bonchev–Trinajstić information content (AvgIpc) is 3.47. The first-order valence-electron chi connectivity index (χ1n) is 12.4. The number of hydrogen-bond donors (Lipinski definition) is 1. The quantitative estimate of drug-likeness (QED) is 0.485. The first-order chi connectivity index (χ1) is 17.9. The van der Waals surface area contributed by atoms with Crippen molar-refractivity contribution in [3.63, 3.8) is 0 Å². The second kappa shape index (κ2) is 9.94. The fourth-order valence-corrected chi connectivity index (χ4v) is 6.76. The van der Waals surface area contributed by atoms with E-state index in [0.29, 0.717) is 36.8 Å². The predicted molar refractivity (Wildman–Crippen MR) is 141 cm³/mol. The molecule has 9 nitrogen and oxygen atoms in total. The maximum Gasteiger partial charge on any atom is 0.250 e. The fraction of sp³-hybridized carbons (Fsp3) is 0.423. The van der Waals surface area contributed by atoms with Crippen LogP contribution in [0.1, 0.15) is 38.1 Å². The third kappa shape index (κ3) is 5.27. The topological polar surface area (TPSA) is 123 Å². The SMILES string of the molecule is CC(C)(CN1CCCC1=O)c1nnc(-c2cc3c(cc2F)S(=O)(=O)C[C@H](N)CN3Cc2ccc(Cl)cc2)o1. The van der Waals surface area contributed by atoms with E-state index in [2.05, 4.69) is 10.2 Å². The van der Waals surface area contributed by atoms with Crippen molar-refractivity contribution in [2.75, 3.05) is 30.3 Å². The first-order valence-corrected chi connectivity index (χ1v) is 14.4. The molecule has 202 valence electrons. The minimum absolute atomic E-state index is 0.0117. The summed E-state index contributed by atoms with van der Waals surface area (Å²) in [5.74, 6) is -0.830. The van der Waals surface area contributed by atoms with Crippen molar-refractivity contribution in [2.24, 2.45) is 5.73 Å². The van der Waals surface area contributed by atoms with Crippen molar-refractivity contribution < 1.29 is 22.0 Å². The van der Waals surface area contributed by atoms with Gasteiger partial charge in [-0.25, -0.2) is 12.8 Å². The Hall–Kier alpha value is -3.02. The molecule has 2 aromatic carbocycles. The highest BCUT2D eigenvalue weighted by Gasteiger charge is 2.35. The number of anilines is 1. The molecule has 1 atom stereocenters. The average molecular weight is 562 g/mol. The van der Waals surface area contributed by atoms with Gasteiger partial charge in [0, 0.05) is 43.7 Å². The highest BCUT2D eigenvalue weighted by Crippen LogP contribution is 2.37. The van der Waals surface area contributed by atoms with E-state index in [-0.39, 0.29) is 40.4 Å². The molecule has 1 fully saturated rings. The normalized spacial score (nSPS) is 19.5. The van der Waals surface area contributed by atoms with Gasteiger partial charge in [0.1, 0.15) is 5.82 Å². The van der Waals surface area contributed by atoms with E-state index < -0.39 is 27.1 Å². The number of fused-ring (bicyclic) bond motifs is 1. The van der Waals surface area contributed by atoms with Gasteiger partial charge in [-0.3, -0.25) is 4.79 Å². The molecule has 1 saturated heterocycles. The van der Waals surface area contributed by atoms with E-state index >= 15 is 4.39 Å². The van der Waals surface area contributed by atoms with Gasteiger partial charge < -0.3 is 20.0 Å². The number of hydrogen-bond acceptors (Lipinski definition) is 8. The summed E-state index contributed by atoms with van der Waals surface area (Å²) in [4.78, 5) is 15.6. The van der Waals surface area contributed by atoms with Gasteiger partial charge >= 0.3 is 0 Å². The van der Waals surface area contributed by atoms with Gasteiger partial charge in [-0.15, -0.1) is 10.2 Å². The summed E-state index contributed by atoms with van der Waals surface area (Å²) in [6.07, 6.45) is 1.33. The van der Waals surface area contributed by atoms with E-state index in [0.717, 1.165) is 18.1 Å². The molecule has 0 saturated carbocycles. The predicted octanol–water partition coefficient (Wildman–Crippen LogP) is 3.55. The Morgan fingerprint density at radius 1 is 1.18 bits per heavy atom. The zero-order chi connectivity index (χ0) is 27.2.